The minimum Gasteiger partial charge on any atom is -0.325 e. The van der Waals surface area contributed by atoms with Gasteiger partial charge in [0.25, 0.3) is 0 Å². The van der Waals surface area contributed by atoms with Gasteiger partial charge in [0.1, 0.15) is 0 Å². The standard InChI is InChI=1S/C13H15N3O3S3/c1-8-7-20-13(15-8)21-9(2)12(17)16-10-4-3-5-11(6-10)22(14,18)19/h3-7,9H,1-2H3,(H,16,17)(H2,14,18,19)/t9-/m1/s1. The van der Waals surface area contributed by atoms with Crippen molar-refractivity contribution in [2.24, 2.45) is 5.14 Å². The lowest BCUT2D eigenvalue weighted by Crippen LogP contribution is -2.22. The van der Waals surface area contributed by atoms with Crippen molar-refractivity contribution in [2.45, 2.75) is 28.3 Å². The molecule has 0 fully saturated rings. The van der Waals surface area contributed by atoms with Gasteiger partial charge in [0.2, 0.25) is 15.9 Å². The molecule has 0 bridgehead atoms. The third kappa shape index (κ3) is 4.54. The predicted octanol–water partition coefficient (Wildman–Crippen LogP) is 2.22. The van der Waals surface area contributed by atoms with Crippen molar-refractivity contribution < 1.29 is 13.2 Å². The molecule has 1 aromatic carbocycles. The zero-order chi connectivity index (χ0) is 16.3. The minimum atomic E-state index is -3.79. The molecule has 0 aliphatic rings. The summed E-state index contributed by atoms with van der Waals surface area (Å²) in [7, 11) is -3.79. The minimum absolute atomic E-state index is 0.0406. The first-order valence-electron chi connectivity index (χ1n) is 6.28. The van der Waals surface area contributed by atoms with Gasteiger partial charge in [0.15, 0.2) is 4.34 Å². The fourth-order valence-electron chi connectivity index (χ4n) is 1.59. The molecule has 1 atom stereocenters. The smallest absolute Gasteiger partial charge is 0.238 e. The maximum Gasteiger partial charge on any atom is 0.238 e. The van der Waals surface area contributed by atoms with E-state index in [-0.39, 0.29) is 16.1 Å². The number of anilines is 1. The van der Waals surface area contributed by atoms with E-state index in [1.807, 2.05) is 12.3 Å². The maximum atomic E-state index is 12.1. The average molecular weight is 357 g/mol. The van der Waals surface area contributed by atoms with Crippen molar-refractivity contribution in [1.82, 2.24) is 4.98 Å². The van der Waals surface area contributed by atoms with Crippen molar-refractivity contribution in [3.63, 3.8) is 0 Å². The molecule has 0 radical (unpaired) electrons. The first-order chi connectivity index (χ1) is 10.3. The van der Waals surface area contributed by atoms with Crippen molar-refractivity contribution in [2.75, 3.05) is 5.32 Å². The number of primary sulfonamides is 1. The van der Waals surface area contributed by atoms with Crippen LogP contribution in [0.15, 0.2) is 38.9 Å². The number of amides is 1. The normalized spacial score (nSPS) is 12.9. The van der Waals surface area contributed by atoms with E-state index in [1.165, 1.54) is 41.3 Å². The van der Waals surface area contributed by atoms with E-state index < -0.39 is 10.0 Å². The summed E-state index contributed by atoms with van der Waals surface area (Å²) in [4.78, 5) is 16.4. The highest BCUT2D eigenvalue weighted by atomic mass is 32.2. The molecule has 118 valence electrons. The van der Waals surface area contributed by atoms with Gasteiger partial charge >= 0.3 is 0 Å². The monoisotopic (exact) mass is 357 g/mol. The van der Waals surface area contributed by atoms with Crippen LogP contribution in [-0.4, -0.2) is 24.6 Å². The third-order valence-corrected chi connectivity index (χ3v) is 5.78. The van der Waals surface area contributed by atoms with Gasteiger partial charge in [-0.1, -0.05) is 17.8 Å². The van der Waals surface area contributed by atoms with E-state index >= 15 is 0 Å². The molecule has 6 nitrogen and oxygen atoms in total. The first-order valence-corrected chi connectivity index (χ1v) is 9.59. The SMILES string of the molecule is Cc1csc(S[C@H](C)C(=O)Nc2cccc(S(N)(=O)=O)c2)n1. The number of thiazole rings is 1. The number of aryl methyl sites for hydroxylation is 1. The highest BCUT2D eigenvalue weighted by Gasteiger charge is 2.17. The summed E-state index contributed by atoms with van der Waals surface area (Å²) in [6, 6.07) is 5.84. The van der Waals surface area contributed by atoms with Gasteiger partial charge in [-0.25, -0.2) is 18.5 Å². The highest BCUT2D eigenvalue weighted by Crippen LogP contribution is 2.27. The Morgan fingerprint density at radius 2 is 2.18 bits per heavy atom. The Kier molecular flexibility index (Phi) is 5.22. The van der Waals surface area contributed by atoms with Crippen LogP contribution in [0.25, 0.3) is 0 Å². The number of nitrogens with one attached hydrogen (secondary N) is 1. The third-order valence-electron chi connectivity index (χ3n) is 2.67. The summed E-state index contributed by atoms with van der Waals surface area (Å²) in [5, 5.41) is 9.31. The molecule has 2 aromatic rings. The molecule has 3 N–H and O–H groups in total. The van der Waals surface area contributed by atoms with E-state index in [2.05, 4.69) is 10.3 Å². The van der Waals surface area contributed by atoms with Crippen LogP contribution in [0.3, 0.4) is 0 Å². The Labute approximate surface area is 137 Å². The van der Waals surface area contributed by atoms with E-state index in [0.29, 0.717) is 5.69 Å². The summed E-state index contributed by atoms with van der Waals surface area (Å²) >= 11 is 2.84. The molecule has 0 saturated heterocycles. The van der Waals surface area contributed by atoms with Crippen LogP contribution >= 0.6 is 23.1 Å². The molecular formula is C13H15N3O3S3. The van der Waals surface area contributed by atoms with E-state index in [1.54, 1.807) is 13.0 Å². The number of benzene rings is 1. The molecular weight excluding hydrogens is 342 g/mol. The molecule has 0 spiro atoms. The number of rotatable bonds is 5. The van der Waals surface area contributed by atoms with Gasteiger partial charge in [0, 0.05) is 16.8 Å². The van der Waals surface area contributed by atoms with Gasteiger partial charge in [-0.3, -0.25) is 4.79 Å². The Bertz CT molecular complexity index is 787. The van der Waals surface area contributed by atoms with Crippen molar-refractivity contribution in [3.05, 3.63) is 35.3 Å². The quantitative estimate of drug-likeness (QED) is 0.799. The molecule has 22 heavy (non-hydrogen) atoms. The lowest BCUT2D eigenvalue weighted by Gasteiger charge is -2.11. The number of hydrogen-bond acceptors (Lipinski definition) is 6. The zero-order valence-corrected chi connectivity index (χ0v) is 14.4. The number of carbonyl (C=O) groups is 1. The summed E-state index contributed by atoms with van der Waals surface area (Å²) < 4.78 is 23.4. The predicted molar refractivity (Wildman–Crippen MR) is 88.6 cm³/mol. The van der Waals surface area contributed by atoms with Gasteiger partial charge in [0.05, 0.1) is 10.1 Å². The number of carbonyl (C=O) groups excluding carboxylic acids is 1. The van der Waals surface area contributed by atoms with Crippen LogP contribution in [0.1, 0.15) is 12.6 Å². The number of nitrogens with zero attached hydrogens (tertiary/aromatic N) is 1. The number of sulfonamides is 1. The topological polar surface area (TPSA) is 102 Å². The number of aromatic nitrogens is 1. The van der Waals surface area contributed by atoms with Gasteiger partial charge in [-0.2, -0.15) is 0 Å². The molecule has 1 heterocycles. The maximum absolute atomic E-state index is 12.1. The van der Waals surface area contributed by atoms with Crippen molar-refractivity contribution in [3.8, 4) is 0 Å². The van der Waals surface area contributed by atoms with Crippen molar-refractivity contribution >= 4 is 44.7 Å². The largest absolute Gasteiger partial charge is 0.325 e. The average Bonchev–Trinajstić information content (AvgIpc) is 2.83. The number of hydrogen-bond donors (Lipinski definition) is 2. The second-order valence-electron chi connectivity index (χ2n) is 4.58. The lowest BCUT2D eigenvalue weighted by atomic mass is 10.3. The van der Waals surface area contributed by atoms with Crippen LogP contribution in [0.2, 0.25) is 0 Å². The molecule has 1 aromatic heterocycles. The van der Waals surface area contributed by atoms with Gasteiger partial charge in [-0.05, 0) is 32.0 Å². The molecule has 0 aliphatic heterocycles. The van der Waals surface area contributed by atoms with E-state index in [0.717, 1.165) is 10.0 Å². The van der Waals surface area contributed by atoms with Crippen LogP contribution in [0, 0.1) is 6.92 Å². The Balaban J connectivity index is 2.05. The molecule has 0 saturated carbocycles. The first kappa shape index (κ1) is 16.9. The Morgan fingerprint density at radius 1 is 1.45 bits per heavy atom. The Hall–Kier alpha value is -1.42. The van der Waals surface area contributed by atoms with E-state index in [9.17, 15) is 13.2 Å². The van der Waals surface area contributed by atoms with Crippen LogP contribution in [0.4, 0.5) is 5.69 Å². The Morgan fingerprint density at radius 3 is 2.77 bits per heavy atom. The van der Waals surface area contributed by atoms with Crippen molar-refractivity contribution in [1.29, 1.82) is 0 Å². The van der Waals surface area contributed by atoms with E-state index in [4.69, 9.17) is 5.14 Å². The van der Waals surface area contributed by atoms with Gasteiger partial charge < -0.3 is 5.32 Å². The fraction of sp³-hybridized carbons (Fsp3) is 0.231. The van der Waals surface area contributed by atoms with Gasteiger partial charge in [-0.15, -0.1) is 11.3 Å². The molecule has 9 heteroatoms. The lowest BCUT2D eigenvalue weighted by molar-refractivity contribution is -0.115. The number of thioether (sulfide) groups is 1. The molecule has 2 rings (SSSR count). The molecule has 0 aliphatic carbocycles. The number of nitrogens with two attached hydrogens (primary N) is 1. The zero-order valence-electron chi connectivity index (χ0n) is 11.9. The molecule has 1 amide bonds. The van der Waals surface area contributed by atoms with Crippen LogP contribution in [0.5, 0.6) is 0 Å². The fourth-order valence-corrected chi connectivity index (χ4v) is 4.13. The highest BCUT2D eigenvalue weighted by molar-refractivity contribution is 8.02. The second-order valence-corrected chi connectivity index (χ2v) is 8.58. The summed E-state index contributed by atoms with van der Waals surface area (Å²) in [5.74, 6) is -0.232. The molecule has 0 unspecified atom stereocenters. The summed E-state index contributed by atoms with van der Waals surface area (Å²) in [6.07, 6.45) is 0. The summed E-state index contributed by atoms with van der Waals surface area (Å²) in [5.41, 5.74) is 1.31. The second kappa shape index (κ2) is 6.78. The van der Waals surface area contributed by atoms with Crippen LogP contribution < -0.4 is 10.5 Å². The van der Waals surface area contributed by atoms with Crippen LogP contribution in [-0.2, 0) is 14.8 Å². The summed E-state index contributed by atoms with van der Waals surface area (Å²) in [6.45, 7) is 3.66.